The summed E-state index contributed by atoms with van der Waals surface area (Å²) in [6.45, 7) is 0.246. The quantitative estimate of drug-likeness (QED) is 0.528. The van der Waals surface area contributed by atoms with Gasteiger partial charge in [-0.25, -0.2) is 0 Å². The fourth-order valence-electron chi connectivity index (χ4n) is 1.89. The van der Waals surface area contributed by atoms with Gasteiger partial charge in [0.05, 0.1) is 16.8 Å². The molecule has 0 aliphatic rings. The summed E-state index contributed by atoms with van der Waals surface area (Å²) in [5.41, 5.74) is 0.278. The largest absolute Gasteiger partial charge is 0.465 e. The fourth-order valence-corrected chi connectivity index (χ4v) is 2.11. The molecule has 0 atom stereocenters. The number of nitrogens with one attached hydrogen (secondary N) is 2. The van der Waals surface area contributed by atoms with Crippen molar-refractivity contribution in [2.24, 2.45) is 0 Å². The van der Waals surface area contributed by atoms with Crippen molar-refractivity contribution < 1.29 is 19.1 Å². The second kappa shape index (κ2) is 8.90. The molecule has 0 aliphatic heterocycles. The molecule has 0 aliphatic carbocycles. The summed E-state index contributed by atoms with van der Waals surface area (Å²) in [5.74, 6) is -0.572. The van der Waals surface area contributed by atoms with E-state index in [1.165, 1.54) is 12.3 Å². The molecule has 0 fully saturated rings. The van der Waals surface area contributed by atoms with Crippen molar-refractivity contribution in [3.05, 3.63) is 64.7 Å². The number of rotatable bonds is 7. The number of hydrogen-bond acceptors (Lipinski definition) is 4. The summed E-state index contributed by atoms with van der Waals surface area (Å²) < 4.78 is 5.18. The van der Waals surface area contributed by atoms with E-state index in [1.54, 1.807) is 36.4 Å². The molecular weight excluding hydrogens is 332 g/mol. The van der Waals surface area contributed by atoms with Crippen molar-refractivity contribution in [1.29, 1.82) is 0 Å². The first kappa shape index (κ1) is 17.8. The van der Waals surface area contributed by atoms with Crippen molar-refractivity contribution in [3.63, 3.8) is 0 Å². The van der Waals surface area contributed by atoms with Gasteiger partial charge in [-0.15, -0.1) is 0 Å². The summed E-state index contributed by atoms with van der Waals surface area (Å²) >= 11 is 6.00. The van der Waals surface area contributed by atoms with E-state index in [4.69, 9.17) is 21.1 Å². The number of halogens is 1. The molecule has 0 unspecified atom stereocenters. The van der Waals surface area contributed by atoms with Crippen LogP contribution in [-0.4, -0.2) is 30.1 Å². The molecule has 0 spiro atoms. The van der Waals surface area contributed by atoms with Crippen LogP contribution in [0.3, 0.4) is 0 Å². The van der Waals surface area contributed by atoms with E-state index >= 15 is 0 Å². The smallest absolute Gasteiger partial charge is 0.267 e. The van der Waals surface area contributed by atoms with E-state index in [0.29, 0.717) is 12.2 Å². The topological polar surface area (TPSA) is 91.6 Å². The third-order valence-corrected chi connectivity index (χ3v) is 3.39. The minimum absolute atomic E-state index is 0.0211. The zero-order valence-electron chi connectivity index (χ0n) is 12.8. The standard InChI is InChI=1S/C17H17ClN2O4/c18-14-7-2-1-6-13(14)16(22)20-15(11-12-5-3-10-24-12)17(23)19-8-4-9-21/h1-3,5-7,10-11,21H,4,8-9H2,(H,19,23)(H,20,22)/b15-11+. The molecule has 6 nitrogen and oxygen atoms in total. The molecular formula is C17H17ClN2O4. The lowest BCUT2D eigenvalue weighted by molar-refractivity contribution is -0.117. The van der Waals surface area contributed by atoms with Gasteiger partial charge in [0.1, 0.15) is 11.5 Å². The van der Waals surface area contributed by atoms with Crippen LogP contribution in [0, 0.1) is 0 Å². The van der Waals surface area contributed by atoms with Gasteiger partial charge in [-0.1, -0.05) is 23.7 Å². The number of furan rings is 1. The van der Waals surface area contributed by atoms with Gasteiger partial charge in [0.15, 0.2) is 0 Å². The van der Waals surface area contributed by atoms with Crippen LogP contribution in [0.2, 0.25) is 5.02 Å². The van der Waals surface area contributed by atoms with Crippen LogP contribution >= 0.6 is 11.6 Å². The highest BCUT2D eigenvalue weighted by molar-refractivity contribution is 6.34. The Balaban J connectivity index is 2.18. The maximum atomic E-state index is 12.4. The van der Waals surface area contributed by atoms with Crippen LogP contribution in [-0.2, 0) is 4.79 Å². The van der Waals surface area contributed by atoms with Crippen LogP contribution in [0.4, 0.5) is 0 Å². The van der Waals surface area contributed by atoms with Crippen molar-refractivity contribution in [3.8, 4) is 0 Å². The molecule has 2 amide bonds. The van der Waals surface area contributed by atoms with E-state index in [0.717, 1.165) is 0 Å². The number of amides is 2. The first-order valence-corrected chi connectivity index (χ1v) is 7.69. The molecule has 2 aromatic rings. The van der Waals surface area contributed by atoms with E-state index in [9.17, 15) is 9.59 Å². The molecule has 126 valence electrons. The van der Waals surface area contributed by atoms with Crippen LogP contribution in [0.5, 0.6) is 0 Å². The zero-order valence-corrected chi connectivity index (χ0v) is 13.5. The Morgan fingerprint density at radius 2 is 2.00 bits per heavy atom. The van der Waals surface area contributed by atoms with Crippen molar-refractivity contribution in [2.75, 3.05) is 13.2 Å². The number of aliphatic hydroxyl groups excluding tert-OH is 1. The second-order valence-electron chi connectivity index (χ2n) is 4.84. The van der Waals surface area contributed by atoms with Gasteiger partial charge in [0.2, 0.25) is 0 Å². The maximum Gasteiger partial charge on any atom is 0.267 e. The van der Waals surface area contributed by atoms with Gasteiger partial charge in [0, 0.05) is 19.2 Å². The predicted molar refractivity (Wildman–Crippen MR) is 90.3 cm³/mol. The van der Waals surface area contributed by atoms with Gasteiger partial charge in [-0.2, -0.15) is 0 Å². The SMILES string of the molecule is O=C(NCCCO)/C(=C\c1ccco1)NC(=O)c1ccccc1Cl. The minimum Gasteiger partial charge on any atom is -0.465 e. The summed E-state index contributed by atoms with van der Waals surface area (Å²) in [7, 11) is 0. The van der Waals surface area contributed by atoms with Gasteiger partial charge < -0.3 is 20.2 Å². The monoisotopic (exact) mass is 348 g/mol. The summed E-state index contributed by atoms with van der Waals surface area (Å²) in [5, 5.41) is 14.2. The van der Waals surface area contributed by atoms with Gasteiger partial charge in [-0.05, 0) is 30.7 Å². The van der Waals surface area contributed by atoms with Crippen LogP contribution in [0.25, 0.3) is 6.08 Å². The first-order valence-electron chi connectivity index (χ1n) is 7.32. The summed E-state index contributed by atoms with van der Waals surface area (Å²) in [4.78, 5) is 24.6. The molecule has 3 N–H and O–H groups in total. The normalized spacial score (nSPS) is 11.2. The summed E-state index contributed by atoms with van der Waals surface area (Å²) in [6.07, 6.45) is 3.30. The van der Waals surface area contributed by atoms with Crippen LogP contribution < -0.4 is 10.6 Å². The Morgan fingerprint density at radius 1 is 1.21 bits per heavy atom. The summed E-state index contributed by atoms with van der Waals surface area (Å²) in [6, 6.07) is 9.86. The van der Waals surface area contributed by atoms with Gasteiger partial charge in [-0.3, -0.25) is 9.59 Å². The number of carbonyl (C=O) groups excluding carboxylic acids is 2. The molecule has 0 bridgehead atoms. The lowest BCUT2D eigenvalue weighted by Crippen LogP contribution is -2.35. The number of aliphatic hydroxyl groups is 1. The molecule has 2 rings (SSSR count). The Hall–Kier alpha value is -2.57. The molecule has 0 saturated heterocycles. The van der Waals surface area contributed by atoms with E-state index in [-0.39, 0.29) is 29.4 Å². The molecule has 0 radical (unpaired) electrons. The average molecular weight is 349 g/mol. The van der Waals surface area contributed by atoms with Crippen molar-refractivity contribution >= 4 is 29.5 Å². The third kappa shape index (κ3) is 4.97. The van der Waals surface area contributed by atoms with E-state index in [1.807, 2.05) is 0 Å². The third-order valence-electron chi connectivity index (χ3n) is 3.06. The first-order chi connectivity index (χ1) is 11.6. The molecule has 1 aromatic carbocycles. The Labute approximate surface area is 144 Å². The molecule has 1 heterocycles. The van der Waals surface area contributed by atoms with Crippen LogP contribution in [0.1, 0.15) is 22.5 Å². The van der Waals surface area contributed by atoms with Crippen LogP contribution in [0.15, 0.2) is 52.8 Å². The zero-order chi connectivity index (χ0) is 17.4. The molecule has 1 aromatic heterocycles. The predicted octanol–water partition coefficient (Wildman–Crippen LogP) is 2.20. The highest BCUT2D eigenvalue weighted by atomic mass is 35.5. The molecule has 0 saturated carbocycles. The van der Waals surface area contributed by atoms with Gasteiger partial charge in [0.25, 0.3) is 11.8 Å². The molecule has 24 heavy (non-hydrogen) atoms. The van der Waals surface area contributed by atoms with E-state index in [2.05, 4.69) is 10.6 Å². The number of carbonyl (C=O) groups is 2. The Bertz CT molecular complexity index is 726. The number of benzene rings is 1. The lowest BCUT2D eigenvalue weighted by atomic mass is 10.2. The average Bonchev–Trinajstić information content (AvgIpc) is 3.07. The highest BCUT2D eigenvalue weighted by Gasteiger charge is 2.16. The van der Waals surface area contributed by atoms with Crippen molar-refractivity contribution in [1.82, 2.24) is 10.6 Å². The highest BCUT2D eigenvalue weighted by Crippen LogP contribution is 2.15. The Kier molecular flexibility index (Phi) is 6.60. The molecule has 7 heteroatoms. The van der Waals surface area contributed by atoms with Gasteiger partial charge >= 0.3 is 0 Å². The fraction of sp³-hybridized carbons (Fsp3) is 0.176. The second-order valence-corrected chi connectivity index (χ2v) is 5.25. The Morgan fingerprint density at radius 3 is 2.67 bits per heavy atom. The lowest BCUT2D eigenvalue weighted by Gasteiger charge is -2.11. The minimum atomic E-state index is -0.504. The number of hydrogen-bond donors (Lipinski definition) is 3. The maximum absolute atomic E-state index is 12.4. The van der Waals surface area contributed by atoms with E-state index < -0.39 is 11.8 Å². The van der Waals surface area contributed by atoms with Crippen molar-refractivity contribution in [2.45, 2.75) is 6.42 Å².